The molecule has 0 aliphatic carbocycles. The molecule has 5 heteroatoms. The second kappa shape index (κ2) is 4.64. The largest absolute Gasteiger partial charge is 0.362 e. The van der Waals surface area contributed by atoms with Gasteiger partial charge in [0, 0.05) is 42.2 Å². The summed E-state index contributed by atoms with van der Waals surface area (Å²) < 4.78 is 0. The maximum absolute atomic E-state index is 6.17. The van der Waals surface area contributed by atoms with E-state index in [0.717, 1.165) is 62.0 Å². The van der Waals surface area contributed by atoms with Crippen molar-refractivity contribution in [3.8, 4) is 0 Å². The summed E-state index contributed by atoms with van der Waals surface area (Å²) >= 11 is 6.17. The Hall–Kier alpha value is -1.26. The molecule has 0 amide bonds. The Kier molecular flexibility index (Phi) is 2.89. The maximum atomic E-state index is 6.17. The van der Waals surface area contributed by atoms with Gasteiger partial charge in [0.1, 0.15) is 11.5 Å². The molecule has 0 saturated carbocycles. The third kappa shape index (κ3) is 1.82. The number of hydrogen-bond acceptors (Lipinski definition) is 4. The zero-order chi connectivity index (χ0) is 13.6. The van der Waals surface area contributed by atoms with Crippen LogP contribution in [0.5, 0.6) is 0 Å². The zero-order valence-corrected chi connectivity index (χ0v) is 12.2. The molecule has 1 spiro atoms. The molecule has 1 aromatic carbocycles. The number of hydrogen-bond donors (Lipinski definition) is 2. The van der Waals surface area contributed by atoms with E-state index in [1.54, 1.807) is 0 Å². The fourth-order valence-electron chi connectivity index (χ4n) is 3.62. The van der Waals surface area contributed by atoms with Gasteiger partial charge >= 0.3 is 0 Å². The van der Waals surface area contributed by atoms with E-state index in [-0.39, 0.29) is 5.66 Å². The lowest BCUT2D eigenvalue weighted by atomic mass is 9.90. The van der Waals surface area contributed by atoms with Crippen molar-refractivity contribution >= 4 is 23.1 Å². The highest BCUT2D eigenvalue weighted by Gasteiger charge is 2.44. The van der Waals surface area contributed by atoms with Gasteiger partial charge in [-0.2, -0.15) is 0 Å². The van der Waals surface area contributed by atoms with Crippen LogP contribution >= 0.6 is 11.6 Å². The van der Waals surface area contributed by atoms with E-state index in [0.29, 0.717) is 0 Å². The number of benzene rings is 1. The second-order valence-electron chi connectivity index (χ2n) is 5.81. The highest BCUT2D eigenvalue weighted by Crippen LogP contribution is 2.38. The van der Waals surface area contributed by atoms with Crippen LogP contribution in [0, 0.1) is 0 Å². The summed E-state index contributed by atoms with van der Waals surface area (Å²) in [6, 6.07) is 6.09. The first-order chi connectivity index (χ1) is 9.78. The van der Waals surface area contributed by atoms with E-state index < -0.39 is 0 Å². The summed E-state index contributed by atoms with van der Waals surface area (Å²) in [7, 11) is 0. The number of rotatable bonds is 0. The molecule has 1 saturated heterocycles. The molecule has 0 unspecified atom stereocenters. The van der Waals surface area contributed by atoms with Gasteiger partial charge in [-0.1, -0.05) is 11.6 Å². The molecule has 1 aromatic rings. The van der Waals surface area contributed by atoms with Crippen molar-refractivity contribution in [2.45, 2.75) is 24.9 Å². The number of nitrogens with zero attached hydrogens (tertiary/aromatic N) is 2. The van der Waals surface area contributed by atoms with Gasteiger partial charge in [-0.05, 0) is 37.7 Å². The fourth-order valence-corrected chi connectivity index (χ4v) is 3.79. The monoisotopic (exact) mass is 290 g/mol. The van der Waals surface area contributed by atoms with Crippen LogP contribution in [0.25, 0.3) is 0 Å². The Morgan fingerprint density at radius 3 is 2.95 bits per heavy atom. The van der Waals surface area contributed by atoms with Crippen molar-refractivity contribution in [3.63, 3.8) is 0 Å². The average molecular weight is 291 g/mol. The number of anilines is 1. The molecule has 4 nitrogen and oxygen atoms in total. The number of nitrogens with one attached hydrogen (secondary N) is 2. The maximum Gasteiger partial charge on any atom is 0.134 e. The summed E-state index contributed by atoms with van der Waals surface area (Å²) in [6.45, 7) is 4.12. The average Bonchev–Trinajstić information content (AvgIpc) is 2.48. The molecule has 0 radical (unpaired) electrons. The van der Waals surface area contributed by atoms with Crippen LogP contribution in [-0.2, 0) is 0 Å². The highest BCUT2D eigenvalue weighted by molar-refractivity contribution is 6.31. The van der Waals surface area contributed by atoms with E-state index in [1.165, 1.54) is 5.56 Å². The Balaban J connectivity index is 1.85. The quantitative estimate of drug-likeness (QED) is 0.770. The van der Waals surface area contributed by atoms with Gasteiger partial charge in [0.2, 0.25) is 0 Å². The van der Waals surface area contributed by atoms with Crippen LogP contribution in [0.3, 0.4) is 0 Å². The molecule has 106 valence electrons. The number of fused-ring (bicyclic) bond motifs is 4. The summed E-state index contributed by atoms with van der Waals surface area (Å²) in [5.74, 6) is 1.16. The van der Waals surface area contributed by atoms with Crippen LogP contribution in [0.4, 0.5) is 5.69 Å². The van der Waals surface area contributed by atoms with Crippen molar-refractivity contribution in [3.05, 3.63) is 28.8 Å². The molecule has 4 rings (SSSR count). The molecule has 3 aliphatic rings. The number of aliphatic imine (C=N–C) groups is 1. The van der Waals surface area contributed by atoms with Crippen LogP contribution in [0.15, 0.2) is 23.2 Å². The molecular formula is C15H19ClN4. The molecule has 0 bridgehead atoms. The molecule has 2 N–H and O–H groups in total. The normalized spacial score (nSPS) is 23.6. The van der Waals surface area contributed by atoms with Crippen molar-refractivity contribution in [2.75, 3.05) is 31.5 Å². The summed E-state index contributed by atoms with van der Waals surface area (Å²) in [6.07, 6.45) is 3.33. The number of halogens is 1. The van der Waals surface area contributed by atoms with Gasteiger partial charge in [-0.15, -0.1) is 0 Å². The molecule has 0 atom stereocenters. The van der Waals surface area contributed by atoms with Crippen LogP contribution < -0.4 is 10.6 Å². The minimum absolute atomic E-state index is 0.0161. The van der Waals surface area contributed by atoms with Crippen LogP contribution in [-0.4, -0.2) is 42.6 Å². The third-order valence-electron chi connectivity index (χ3n) is 4.59. The molecule has 3 aliphatic heterocycles. The van der Waals surface area contributed by atoms with E-state index in [4.69, 9.17) is 16.6 Å². The third-order valence-corrected chi connectivity index (χ3v) is 4.83. The van der Waals surface area contributed by atoms with E-state index in [2.05, 4.69) is 21.6 Å². The van der Waals surface area contributed by atoms with Gasteiger partial charge < -0.3 is 15.5 Å². The summed E-state index contributed by atoms with van der Waals surface area (Å²) in [4.78, 5) is 7.30. The Bertz CT molecular complexity index is 563. The summed E-state index contributed by atoms with van der Waals surface area (Å²) in [5.41, 5.74) is 2.34. The van der Waals surface area contributed by atoms with Crippen molar-refractivity contribution in [2.24, 2.45) is 4.99 Å². The lowest BCUT2D eigenvalue weighted by molar-refractivity contribution is 0.144. The zero-order valence-electron chi connectivity index (χ0n) is 11.5. The molecular weight excluding hydrogens is 272 g/mol. The number of piperidine rings is 1. The van der Waals surface area contributed by atoms with Gasteiger partial charge in [-0.25, -0.2) is 0 Å². The smallest absolute Gasteiger partial charge is 0.134 e. The number of amidine groups is 1. The minimum atomic E-state index is 0.0161. The topological polar surface area (TPSA) is 39.7 Å². The molecule has 20 heavy (non-hydrogen) atoms. The predicted octanol–water partition coefficient (Wildman–Crippen LogP) is 2.30. The standard InChI is InChI=1S/C15H19ClN4/c16-11-2-3-12-13(10-11)19-15(4-7-17-8-5-15)20-9-1-6-18-14(12)20/h2-3,10,17,19H,1,4-9H2. The Morgan fingerprint density at radius 2 is 2.10 bits per heavy atom. The van der Waals surface area contributed by atoms with Gasteiger partial charge in [0.15, 0.2) is 0 Å². The lowest BCUT2D eigenvalue weighted by Crippen LogP contribution is -2.64. The van der Waals surface area contributed by atoms with Crippen LogP contribution in [0.2, 0.25) is 5.02 Å². The summed E-state index contributed by atoms with van der Waals surface area (Å²) in [5, 5.41) is 8.01. The first-order valence-electron chi connectivity index (χ1n) is 7.39. The highest BCUT2D eigenvalue weighted by atomic mass is 35.5. The SMILES string of the molecule is Clc1ccc2c(c1)NC1(CCNCC1)N1CCCN=C21. The van der Waals surface area contributed by atoms with Crippen molar-refractivity contribution in [1.29, 1.82) is 0 Å². The lowest BCUT2D eigenvalue weighted by Gasteiger charge is -2.53. The van der Waals surface area contributed by atoms with Gasteiger partial charge in [0.05, 0.1) is 0 Å². The molecule has 0 aromatic heterocycles. The minimum Gasteiger partial charge on any atom is -0.362 e. The van der Waals surface area contributed by atoms with E-state index >= 15 is 0 Å². The second-order valence-corrected chi connectivity index (χ2v) is 6.24. The predicted molar refractivity (Wildman–Crippen MR) is 82.6 cm³/mol. The van der Waals surface area contributed by atoms with Crippen molar-refractivity contribution in [1.82, 2.24) is 10.2 Å². The van der Waals surface area contributed by atoms with E-state index in [1.807, 2.05) is 12.1 Å². The Morgan fingerprint density at radius 1 is 1.25 bits per heavy atom. The van der Waals surface area contributed by atoms with E-state index in [9.17, 15) is 0 Å². The first kappa shape index (κ1) is 12.5. The molecule has 3 heterocycles. The first-order valence-corrected chi connectivity index (χ1v) is 7.77. The van der Waals surface area contributed by atoms with Crippen molar-refractivity contribution < 1.29 is 0 Å². The van der Waals surface area contributed by atoms with Crippen LogP contribution in [0.1, 0.15) is 24.8 Å². The van der Waals surface area contributed by atoms with Gasteiger partial charge in [0.25, 0.3) is 0 Å². The Labute approximate surface area is 124 Å². The fraction of sp³-hybridized carbons (Fsp3) is 0.533. The molecule has 1 fully saturated rings. The van der Waals surface area contributed by atoms with Gasteiger partial charge in [-0.3, -0.25) is 4.99 Å².